The van der Waals surface area contributed by atoms with Gasteiger partial charge in [-0.15, -0.1) is 0 Å². The molecule has 0 spiro atoms. The summed E-state index contributed by atoms with van der Waals surface area (Å²) in [5, 5.41) is 0. The summed E-state index contributed by atoms with van der Waals surface area (Å²) >= 11 is 0. The van der Waals surface area contributed by atoms with E-state index in [2.05, 4.69) is 19.5 Å². The SMILES string of the molecule is Fc1ccc2ncn(-c3ncc4nc(-c5ccncc5)n(C5CCOCC5)c4n3)c2c1. The summed E-state index contributed by atoms with van der Waals surface area (Å²) in [7, 11) is 0. The van der Waals surface area contributed by atoms with Crippen molar-refractivity contribution in [3.8, 4) is 17.3 Å². The zero-order chi connectivity index (χ0) is 20.8. The van der Waals surface area contributed by atoms with Crippen molar-refractivity contribution in [1.29, 1.82) is 0 Å². The molecule has 4 aromatic heterocycles. The smallest absolute Gasteiger partial charge is 0.237 e. The highest BCUT2D eigenvalue weighted by Crippen LogP contribution is 2.32. The first-order chi connectivity index (χ1) is 15.3. The van der Waals surface area contributed by atoms with Crippen molar-refractivity contribution >= 4 is 22.2 Å². The third-order valence-corrected chi connectivity index (χ3v) is 5.64. The molecule has 1 aliphatic heterocycles. The van der Waals surface area contributed by atoms with Crippen LogP contribution in [0.2, 0.25) is 0 Å². The summed E-state index contributed by atoms with van der Waals surface area (Å²) in [6.45, 7) is 1.40. The van der Waals surface area contributed by atoms with Gasteiger partial charge in [0.2, 0.25) is 5.95 Å². The molecule has 0 saturated carbocycles. The number of rotatable bonds is 3. The maximum Gasteiger partial charge on any atom is 0.237 e. The van der Waals surface area contributed by atoms with Crippen LogP contribution in [0.5, 0.6) is 0 Å². The molecule has 1 saturated heterocycles. The highest BCUT2D eigenvalue weighted by molar-refractivity contribution is 5.79. The number of imidazole rings is 2. The predicted octanol–water partition coefficient (Wildman–Crippen LogP) is 3.72. The van der Waals surface area contributed by atoms with E-state index >= 15 is 0 Å². The van der Waals surface area contributed by atoms with Gasteiger partial charge in [-0.2, -0.15) is 4.98 Å². The van der Waals surface area contributed by atoms with Crippen LogP contribution in [0.25, 0.3) is 39.5 Å². The van der Waals surface area contributed by atoms with Crippen LogP contribution >= 0.6 is 0 Å². The van der Waals surface area contributed by atoms with Crippen LogP contribution in [0.1, 0.15) is 18.9 Å². The van der Waals surface area contributed by atoms with Crippen molar-refractivity contribution in [2.45, 2.75) is 18.9 Å². The van der Waals surface area contributed by atoms with E-state index in [0.29, 0.717) is 35.7 Å². The van der Waals surface area contributed by atoms with Crippen molar-refractivity contribution in [3.63, 3.8) is 0 Å². The van der Waals surface area contributed by atoms with E-state index in [1.54, 1.807) is 35.6 Å². The van der Waals surface area contributed by atoms with Gasteiger partial charge in [-0.25, -0.2) is 19.3 Å². The summed E-state index contributed by atoms with van der Waals surface area (Å²) in [4.78, 5) is 22.7. The Hall–Kier alpha value is -3.72. The lowest BCUT2D eigenvalue weighted by Gasteiger charge is -2.25. The van der Waals surface area contributed by atoms with E-state index in [4.69, 9.17) is 14.7 Å². The molecule has 0 aliphatic carbocycles. The molecule has 0 unspecified atom stereocenters. The second kappa shape index (κ2) is 7.21. The van der Waals surface area contributed by atoms with Gasteiger partial charge < -0.3 is 9.30 Å². The lowest BCUT2D eigenvalue weighted by Crippen LogP contribution is -2.20. The molecule has 1 fully saturated rings. The monoisotopic (exact) mass is 415 g/mol. The van der Waals surface area contributed by atoms with Crippen molar-refractivity contribution in [1.82, 2.24) is 34.1 Å². The average molecular weight is 415 g/mol. The Morgan fingerprint density at radius 2 is 1.81 bits per heavy atom. The van der Waals surface area contributed by atoms with Gasteiger partial charge in [0.25, 0.3) is 0 Å². The maximum atomic E-state index is 13.8. The fraction of sp³-hybridized carbons (Fsp3) is 0.227. The van der Waals surface area contributed by atoms with Crippen LogP contribution in [0.15, 0.2) is 55.2 Å². The van der Waals surface area contributed by atoms with Gasteiger partial charge >= 0.3 is 0 Å². The van der Waals surface area contributed by atoms with Crippen LogP contribution in [0, 0.1) is 5.82 Å². The number of fused-ring (bicyclic) bond motifs is 2. The Morgan fingerprint density at radius 3 is 2.65 bits per heavy atom. The molecule has 0 atom stereocenters. The number of halogens is 1. The highest BCUT2D eigenvalue weighted by atomic mass is 19.1. The largest absolute Gasteiger partial charge is 0.381 e. The molecule has 31 heavy (non-hydrogen) atoms. The topological polar surface area (TPSA) is 83.5 Å². The molecule has 9 heteroatoms. The number of hydrogen-bond acceptors (Lipinski definition) is 6. The van der Waals surface area contributed by atoms with Crippen LogP contribution in [-0.4, -0.2) is 47.3 Å². The molecule has 154 valence electrons. The Morgan fingerprint density at radius 1 is 0.968 bits per heavy atom. The lowest BCUT2D eigenvalue weighted by atomic mass is 10.1. The van der Waals surface area contributed by atoms with Crippen LogP contribution in [0.4, 0.5) is 4.39 Å². The summed E-state index contributed by atoms with van der Waals surface area (Å²) in [6, 6.07) is 8.57. The summed E-state index contributed by atoms with van der Waals surface area (Å²) < 4.78 is 23.3. The molecule has 8 nitrogen and oxygen atoms in total. The van der Waals surface area contributed by atoms with Gasteiger partial charge in [-0.1, -0.05) is 0 Å². The molecule has 5 aromatic rings. The molecule has 1 aliphatic rings. The minimum absolute atomic E-state index is 0.210. The minimum Gasteiger partial charge on any atom is -0.381 e. The number of benzene rings is 1. The van der Waals surface area contributed by atoms with Crippen molar-refractivity contribution < 1.29 is 9.13 Å². The highest BCUT2D eigenvalue weighted by Gasteiger charge is 2.24. The molecule has 0 N–H and O–H groups in total. The molecule has 0 radical (unpaired) electrons. The Bertz CT molecular complexity index is 1390. The number of nitrogens with zero attached hydrogens (tertiary/aromatic N) is 7. The Balaban J connectivity index is 1.57. The first kappa shape index (κ1) is 18.1. The van der Waals surface area contributed by atoms with Gasteiger partial charge in [0.05, 0.1) is 17.2 Å². The van der Waals surface area contributed by atoms with E-state index in [0.717, 1.165) is 29.9 Å². The molecule has 0 amide bonds. The second-order valence-electron chi connectivity index (χ2n) is 7.51. The van der Waals surface area contributed by atoms with Crippen LogP contribution in [0.3, 0.4) is 0 Å². The summed E-state index contributed by atoms with van der Waals surface area (Å²) in [6.07, 6.45) is 8.59. The molecule has 6 rings (SSSR count). The third kappa shape index (κ3) is 3.05. The molecular formula is C22H18FN7O. The quantitative estimate of drug-likeness (QED) is 0.447. The standard InChI is InChI=1S/C22H18FN7O/c23-15-1-2-17-19(11-15)29(13-26-17)22-25-12-18-21(28-22)30(16-5-9-31-10-6-16)20(27-18)14-3-7-24-8-4-14/h1-4,7-8,11-13,16H,5-6,9-10H2. The fourth-order valence-electron chi connectivity index (χ4n) is 4.13. The molecule has 5 heterocycles. The second-order valence-corrected chi connectivity index (χ2v) is 7.51. The van der Waals surface area contributed by atoms with Crippen molar-refractivity contribution in [3.05, 3.63) is 61.1 Å². The van der Waals surface area contributed by atoms with E-state index < -0.39 is 0 Å². The zero-order valence-corrected chi connectivity index (χ0v) is 16.5. The van der Waals surface area contributed by atoms with Crippen LogP contribution in [-0.2, 0) is 4.74 Å². The summed E-state index contributed by atoms with van der Waals surface area (Å²) in [5.74, 6) is 0.926. The number of aromatic nitrogens is 7. The van der Waals surface area contributed by atoms with Gasteiger partial charge in [-0.05, 0) is 37.1 Å². The van der Waals surface area contributed by atoms with Crippen molar-refractivity contribution in [2.75, 3.05) is 13.2 Å². The maximum absolute atomic E-state index is 13.8. The number of hydrogen-bond donors (Lipinski definition) is 0. The van der Waals surface area contributed by atoms with E-state index in [-0.39, 0.29) is 11.9 Å². The first-order valence-corrected chi connectivity index (χ1v) is 10.1. The van der Waals surface area contributed by atoms with Gasteiger partial charge in [0.1, 0.15) is 23.5 Å². The fourth-order valence-corrected chi connectivity index (χ4v) is 4.13. The van der Waals surface area contributed by atoms with Gasteiger partial charge in [0.15, 0.2) is 5.65 Å². The Labute approximate surface area is 176 Å². The molecule has 1 aromatic carbocycles. The van der Waals surface area contributed by atoms with E-state index in [1.807, 2.05) is 12.1 Å². The number of ether oxygens (including phenoxy) is 1. The van der Waals surface area contributed by atoms with E-state index in [1.165, 1.54) is 12.1 Å². The third-order valence-electron chi connectivity index (χ3n) is 5.64. The van der Waals surface area contributed by atoms with Gasteiger partial charge in [-0.3, -0.25) is 9.55 Å². The van der Waals surface area contributed by atoms with Crippen LogP contribution < -0.4 is 0 Å². The van der Waals surface area contributed by atoms with E-state index in [9.17, 15) is 4.39 Å². The first-order valence-electron chi connectivity index (χ1n) is 10.1. The zero-order valence-electron chi connectivity index (χ0n) is 16.5. The van der Waals surface area contributed by atoms with Gasteiger partial charge in [0, 0.05) is 43.3 Å². The molecule has 0 bridgehead atoms. The minimum atomic E-state index is -0.331. The summed E-state index contributed by atoms with van der Waals surface area (Å²) in [5.41, 5.74) is 3.71. The number of pyridine rings is 1. The average Bonchev–Trinajstić information content (AvgIpc) is 3.41. The Kier molecular flexibility index (Phi) is 4.20. The normalized spacial score (nSPS) is 15.1. The predicted molar refractivity (Wildman–Crippen MR) is 112 cm³/mol. The van der Waals surface area contributed by atoms with Crippen molar-refractivity contribution in [2.24, 2.45) is 0 Å². The lowest BCUT2D eigenvalue weighted by molar-refractivity contribution is 0.0708. The molecular weight excluding hydrogens is 397 g/mol.